The molecule has 0 saturated heterocycles. The van der Waals surface area contributed by atoms with Crippen LogP contribution in [0.15, 0.2) is 35.1 Å². The van der Waals surface area contributed by atoms with E-state index in [4.69, 9.17) is 16.3 Å². The van der Waals surface area contributed by atoms with Crippen LogP contribution in [0, 0.1) is 0 Å². The molecule has 0 spiro atoms. The smallest absolute Gasteiger partial charge is 0.497 e. The molecule has 7 nitrogen and oxygen atoms in total. The Morgan fingerprint density at radius 2 is 1.79 bits per heavy atom. The molecule has 150 valence electrons. The van der Waals surface area contributed by atoms with E-state index in [1.54, 1.807) is 7.05 Å². The van der Waals surface area contributed by atoms with Crippen LogP contribution >= 0.6 is 11.6 Å². The fourth-order valence-electron chi connectivity index (χ4n) is 2.73. The molecule has 0 saturated carbocycles. The molecule has 0 atom stereocenters. The molecule has 3 aromatic rings. The molecule has 0 amide bonds. The maximum absolute atomic E-state index is 12.9. The number of pyridine rings is 1. The summed E-state index contributed by atoms with van der Waals surface area (Å²) in [6.07, 6.45) is -5.50. The van der Waals surface area contributed by atoms with Gasteiger partial charge in [-0.3, -0.25) is 4.79 Å². The summed E-state index contributed by atoms with van der Waals surface area (Å²) in [6.45, 7) is 0. The van der Waals surface area contributed by atoms with Crippen LogP contribution in [0.3, 0.4) is 0 Å². The minimum atomic E-state index is -5.55. The van der Waals surface area contributed by atoms with Crippen LogP contribution in [0.1, 0.15) is 0 Å². The fourth-order valence-corrected chi connectivity index (χ4v) is 3.52. The Labute approximate surface area is 161 Å². The van der Waals surface area contributed by atoms with E-state index in [2.05, 4.69) is 8.37 Å². The van der Waals surface area contributed by atoms with Gasteiger partial charge in [0.2, 0.25) is 5.43 Å². The highest BCUT2D eigenvalue weighted by molar-refractivity contribution is 7.82. The minimum Gasteiger partial charge on any atom is -0.497 e. The lowest BCUT2D eigenvalue weighted by molar-refractivity contribution is -0.274. The number of rotatable bonds is 4. The molecule has 0 aliphatic rings. The molecule has 0 bridgehead atoms. The highest BCUT2D eigenvalue weighted by Gasteiger charge is 2.39. The van der Waals surface area contributed by atoms with Crippen molar-refractivity contribution in [2.75, 3.05) is 7.11 Å². The standard InChI is InChI=1S/C16H11ClF3NO6S/c1-21-11-5-8(17)3-4-10(11)15(22)14-12(21)6-9(25-2)7-13(14)26-28(23,24)27-16(18,19)20/h3-7H,1-2H3. The lowest BCUT2D eigenvalue weighted by Crippen LogP contribution is -2.24. The lowest BCUT2D eigenvalue weighted by atomic mass is 10.1. The van der Waals surface area contributed by atoms with Gasteiger partial charge in [-0.15, -0.1) is 17.4 Å². The van der Waals surface area contributed by atoms with Gasteiger partial charge in [0.25, 0.3) is 0 Å². The van der Waals surface area contributed by atoms with E-state index < -0.39 is 27.9 Å². The molecular weight excluding hydrogens is 427 g/mol. The number of alkyl halides is 3. The molecule has 2 aromatic carbocycles. The van der Waals surface area contributed by atoms with Crippen molar-refractivity contribution in [2.24, 2.45) is 7.05 Å². The maximum atomic E-state index is 12.9. The van der Waals surface area contributed by atoms with Gasteiger partial charge in [0.05, 0.1) is 23.5 Å². The summed E-state index contributed by atoms with van der Waals surface area (Å²) in [4.78, 5) is 12.9. The SMILES string of the molecule is COc1cc(OS(=O)(=O)OC(F)(F)F)c2c(=O)c3ccc(Cl)cc3n(C)c2c1. The molecule has 0 radical (unpaired) electrons. The second-order valence-corrected chi connectivity index (χ2v) is 7.18. The number of halogens is 4. The van der Waals surface area contributed by atoms with Crippen LogP contribution in [0.2, 0.25) is 5.02 Å². The molecule has 3 rings (SSSR count). The second kappa shape index (κ2) is 6.83. The third-order valence-electron chi connectivity index (χ3n) is 3.83. The average Bonchev–Trinajstić information content (AvgIpc) is 2.56. The van der Waals surface area contributed by atoms with Crippen LogP contribution in [0.25, 0.3) is 21.8 Å². The Balaban J connectivity index is 2.35. The van der Waals surface area contributed by atoms with Crippen molar-refractivity contribution in [1.29, 1.82) is 0 Å². The Morgan fingerprint density at radius 3 is 2.39 bits per heavy atom. The van der Waals surface area contributed by atoms with Crippen LogP contribution in [0.5, 0.6) is 11.5 Å². The summed E-state index contributed by atoms with van der Waals surface area (Å²) in [5, 5.41) is 0.235. The fraction of sp³-hybridized carbons (Fsp3) is 0.188. The number of methoxy groups -OCH3 is 1. The van der Waals surface area contributed by atoms with E-state index >= 15 is 0 Å². The largest absolute Gasteiger partial charge is 0.539 e. The monoisotopic (exact) mass is 437 g/mol. The summed E-state index contributed by atoms with van der Waals surface area (Å²) < 4.78 is 74.2. The highest BCUT2D eigenvalue weighted by Crippen LogP contribution is 2.33. The number of benzene rings is 2. The number of hydrogen-bond donors (Lipinski definition) is 0. The molecule has 0 N–H and O–H groups in total. The summed E-state index contributed by atoms with van der Waals surface area (Å²) in [7, 11) is -2.74. The van der Waals surface area contributed by atoms with Crippen molar-refractivity contribution in [3.63, 3.8) is 0 Å². The van der Waals surface area contributed by atoms with Gasteiger partial charge in [0.15, 0.2) is 5.75 Å². The first-order chi connectivity index (χ1) is 12.9. The van der Waals surface area contributed by atoms with E-state index in [0.29, 0.717) is 10.5 Å². The van der Waals surface area contributed by atoms with Crippen molar-refractivity contribution in [3.05, 3.63) is 45.6 Å². The Morgan fingerprint density at radius 1 is 1.11 bits per heavy atom. The first-order valence-electron chi connectivity index (χ1n) is 7.43. The number of fused-ring (bicyclic) bond motifs is 2. The van der Waals surface area contributed by atoms with Crippen molar-refractivity contribution in [3.8, 4) is 11.5 Å². The maximum Gasteiger partial charge on any atom is 0.539 e. The first-order valence-corrected chi connectivity index (χ1v) is 9.15. The Hall–Kier alpha value is -2.50. The van der Waals surface area contributed by atoms with E-state index in [1.807, 2.05) is 0 Å². The van der Waals surface area contributed by atoms with Crippen LogP contribution in [-0.4, -0.2) is 26.5 Å². The molecule has 0 aliphatic heterocycles. The lowest BCUT2D eigenvalue weighted by Gasteiger charge is -2.15. The summed E-state index contributed by atoms with van der Waals surface area (Å²) in [5.74, 6) is -0.628. The first kappa shape index (κ1) is 20.2. The molecule has 1 aromatic heterocycles. The third kappa shape index (κ3) is 3.86. The Bertz CT molecular complexity index is 1250. The van der Waals surface area contributed by atoms with Gasteiger partial charge in [0, 0.05) is 29.6 Å². The quantitative estimate of drug-likeness (QED) is 0.581. The molecule has 28 heavy (non-hydrogen) atoms. The van der Waals surface area contributed by atoms with Gasteiger partial charge in [-0.2, -0.15) is 8.42 Å². The highest BCUT2D eigenvalue weighted by atomic mass is 35.5. The zero-order chi connectivity index (χ0) is 20.9. The Kier molecular flexibility index (Phi) is 4.94. The van der Waals surface area contributed by atoms with Crippen molar-refractivity contribution in [1.82, 2.24) is 4.57 Å². The normalized spacial score (nSPS) is 12.5. The summed E-state index contributed by atoms with van der Waals surface area (Å²) in [6, 6.07) is 6.75. The summed E-state index contributed by atoms with van der Waals surface area (Å²) in [5.41, 5.74) is -0.102. The van der Waals surface area contributed by atoms with E-state index in [1.165, 1.54) is 35.9 Å². The topological polar surface area (TPSA) is 83.8 Å². The number of aryl methyl sites for hydroxylation is 1. The van der Waals surface area contributed by atoms with Gasteiger partial charge in [-0.05, 0) is 18.2 Å². The van der Waals surface area contributed by atoms with Crippen molar-refractivity contribution >= 4 is 43.8 Å². The second-order valence-electron chi connectivity index (χ2n) is 5.59. The van der Waals surface area contributed by atoms with E-state index in [9.17, 15) is 26.4 Å². The van der Waals surface area contributed by atoms with Crippen LogP contribution in [0.4, 0.5) is 13.2 Å². The molecule has 0 aliphatic carbocycles. The van der Waals surface area contributed by atoms with Crippen molar-refractivity contribution in [2.45, 2.75) is 6.36 Å². The van der Waals surface area contributed by atoms with E-state index in [-0.39, 0.29) is 22.0 Å². The van der Waals surface area contributed by atoms with Crippen molar-refractivity contribution < 1.29 is 34.7 Å². The molecular formula is C16H11ClF3NO6S. The molecule has 0 unspecified atom stereocenters. The number of aromatic nitrogens is 1. The van der Waals surface area contributed by atoms with E-state index in [0.717, 1.165) is 6.07 Å². The molecule has 1 heterocycles. The molecule has 0 fully saturated rings. The van der Waals surface area contributed by atoms with Crippen LogP contribution in [-0.2, 0) is 21.6 Å². The van der Waals surface area contributed by atoms with Crippen LogP contribution < -0.4 is 14.3 Å². The van der Waals surface area contributed by atoms with Gasteiger partial charge < -0.3 is 13.5 Å². The predicted octanol–water partition coefficient (Wildman–Crippen LogP) is 3.51. The number of hydrogen-bond acceptors (Lipinski definition) is 6. The van der Waals surface area contributed by atoms with Gasteiger partial charge >= 0.3 is 16.8 Å². The minimum absolute atomic E-state index is 0.0427. The zero-order valence-corrected chi connectivity index (χ0v) is 15.8. The third-order valence-corrected chi connectivity index (χ3v) is 4.85. The van der Waals surface area contributed by atoms with Gasteiger partial charge in [-0.1, -0.05) is 11.6 Å². The van der Waals surface area contributed by atoms with Gasteiger partial charge in [-0.25, -0.2) is 0 Å². The average molecular weight is 438 g/mol. The summed E-state index contributed by atoms with van der Waals surface area (Å²) >= 11 is 5.97. The number of nitrogens with zero attached hydrogens (tertiary/aromatic N) is 1. The zero-order valence-electron chi connectivity index (χ0n) is 14.2. The molecule has 12 heteroatoms. The number of ether oxygens (including phenoxy) is 1. The predicted molar refractivity (Wildman–Crippen MR) is 94.9 cm³/mol. The van der Waals surface area contributed by atoms with Gasteiger partial charge in [0.1, 0.15) is 5.75 Å².